The molecular formula is C15H11F3N4O2. The van der Waals surface area contributed by atoms with E-state index < -0.39 is 29.5 Å². The number of pyridine rings is 1. The number of nitrogens with zero attached hydrogens (tertiary/aromatic N) is 4. The van der Waals surface area contributed by atoms with Gasteiger partial charge in [-0.05, 0) is 24.6 Å². The second-order valence-electron chi connectivity index (χ2n) is 6.34. The zero-order valence-electron chi connectivity index (χ0n) is 12.2. The first-order valence-corrected chi connectivity index (χ1v) is 7.18. The average molecular weight is 336 g/mol. The van der Waals surface area contributed by atoms with Crippen LogP contribution in [-0.4, -0.2) is 40.0 Å². The van der Waals surface area contributed by atoms with Gasteiger partial charge in [-0.1, -0.05) is 0 Å². The number of halogens is 3. The summed E-state index contributed by atoms with van der Waals surface area (Å²) in [5, 5.41) is 22.4. The minimum atomic E-state index is -4.58. The summed E-state index contributed by atoms with van der Waals surface area (Å²) in [5.41, 5.74) is -2.83. The second kappa shape index (κ2) is 4.20. The van der Waals surface area contributed by atoms with Crippen LogP contribution in [0.1, 0.15) is 12.1 Å². The summed E-state index contributed by atoms with van der Waals surface area (Å²) in [5.74, 6) is -1.42. The van der Waals surface area contributed by atoms with Gasteiger partial charge in [0.15, 0.2) is 0 Å². The fourth-order valence-corrected chi connectivity index (χ4v) is 3.93. The van der Waals surface area contributed by atoms with Gasteiger partial charge < -0.3 is 10.0 Å². The zero-order valence-corrected chi connectivity index (χ0v) is 12.2. The van der Waals surface area contributed by atoms with E-state index in [1.165, 1.54) is 21.7 Å². The quantitative estimate of drug-likeness (QED) is 0.908. The van der Waals surface area contributed by atoms with Gasteiger partial charge in [-0.25, -0.2) is 4.52 Å². The standard InChI is InChI=1S/C15H11F3N4O2/c16-15(17,18)14-6-13(14,12(23)24)7-21(8-14)10-2-1-9(5-19)22-11(10)3-4-20-22/h1-4H,6-8H2,(H,23,24)/t13-,14-/m0/s1. The Bertz CT molecular complexity index is 916. The van der Waals surface area contributed by atoms with Gasteiger partial charge >= 0.3 is 12.1 Å². The van der Waals surface area contributed by atoms with E-state index in [9.17, 15) is 23.1 Å². The third-order valence-electron chi connectivity index (χ3n) is 5.26. The smallest absolute Gasteiger partial charge is 0.397 e. The van der Waals surface area contributed by atoms with E-state index in [-0.39, 0.29) is 18.7 Å². The van der Waals surface area contributed by atoms with Crippen LogP contribution < -0.4 is 4.90 Å². The molecule has 0 bridgehead atoms. The van der Waals surface area contributed by atoms with E-state index in [2.05, 4.69) is 5.10 Å². The lowest BCUT2D eigenvalue weighted by Gasteiger charge is -2.24. The molecule has 1 aliphatic heterocycles. The van der Waals surface area contributed by atoms with Gasteiger partial charge in [-0.2, -0.15) is 23.5 Å². The van der Waals surface area contributed by atoms with Crippen LogP contribution >= 0.6 is 0 Å². The number of carboxylic acids is 1. The van der Waals surface area contributed by atoms with Crippen LogP contribution in [0.15, 0.2) is 24.4 Å². The van der Waals surface area contributed by atoms with Crippen molar-refractivity contribution in [1.29, 1.82) is 5.26 Å². The topological polar surface area (TPSA) is 81.6 Å². The Hall–Kier alpha value is -2.76. The molecule has 0 amide bonds. The summed E-state index contributed by atoms with van der Waals surface area (Å²) in [6.07, 6.45) is -3.52. The Morgan fingerprint density at radius 3 is 2.67 bits per heavy atom. The summed E-state index contributed by atoms with van der Waals surface area (Å²) in [6.45, 7) is -0.621. The van der Waals surface area contributed by atoms with Crippen molar-refractivity contribution >= 4 is 17.2 Å². The highest BCUT2D eigenvalue weighted by Crippen LogP contribution is 2.75. The van der Waals surface area contributed by atoms with Crippen molar-refractivity contribution in [2.24, 2.45) is 10.8 Å². The molecule has 0 radical (unpaired) electrons. The minimum absolute atomic E-state index is 0.214. The monoisotopic (exact) mass is 336 g/mol. The first kappa shape index (κ1) is 14.8. The van der Waals surface area contributed by atoms with Gasteiger partial charge in [-0.15, -0.1) is 0 Å². The van der Waals surface area contributed by atoms with Crippen LogP contribution in [0.4, 0.5) is 18.9 Å². The molecule has 0 unspecified atom stereocenters. The largest absolute Gasteiger partial charge is 0.481 e. The van der Waals surface area contributed by atoms with Crippen LogP contribution in [0.5, 0.6) is 0 Å². The number of nitriles is 1. The highest BCUT2D eigenvalue weighted by Gasteiger charge is 2.86. The number of carboxylic acid groups (broad SMARTS) is 1. The van der Waals surface area contributed by atoms with Crippen molar-refractivity contribution in [3.63, 3.8) is 0 Å². The molecule has 9 heteroatoms. The lowest BCUT2D eigenvalue weighted by atomic mass is 9.96. The number of aliphatic carboxylic acids is 1. The number of alkyl halides is 3. The lowest BCUT2D eigenvalue weighted by Crippen LogP contribution is -2.34. The molecule has 2 aromatic heterocycles. The molecule has 3 heterocycles. The van der Waals surface area contributed by atoms with E-state index in [0.29, 0.717) is 11.2 Å². The van der Waals surface area contributed by atoms with Crippen LogP contribution in [0.25, 0.3) is 5.52 Å². The van der Waals surface area contributed by atoms with E-state index in [1.807, 2.05) is 6.07 Å². The maximum atomic E-state index is 13.5. The number of anilines is 1. The number of hydrogen-bond acceptors (Lipinski definition) is 4. The van der Waals surface area contributed by atoms with Crippen LogP contribution in [0, 0.1) is 22.2 Å². The Morgan fingerprint density at radius 2 is 2.08 bits per heavy atom. The summed E-state index contributed by atoms with van der Waals surface area (Å²) >= 11 is 0. The number of carbonyl (C=O) groups is 1. The molecule has 2 aromatic rings. The minimum Gasteiger partial charge on any atom is -0.481 e. The van der Waals surface area contributed by atoms with Crippen LogP contribution in [0.2, 0.25) is 0 Å². The summed E-state index contributed by atoms with van der Waals surface area (Å²) in [6, 6.07) is 6.55. The summed E-state index contributed by atoms with van der Waals surface area (Å²) < 4.78 is 41.8. The number of piperidine rings is 1. The Labute approximate surface area is 133 Å². The van der Waals surface area contributed by atoms with Crippen molar-refractivity contribution in [2.75, 3.05) is 18.0 Å². The van der Waals surface area contributed by atoms with Crippen LogP contribution in [-0.2, 0) is 4.79 Å². The molecule has 24 heavy (non-hydrogen) atoms. The molecular weight excluding hydrogens is 325 g/mol. The van der Waals surface area contributed by atoms with Gasteiger partial charge in [0.25, 0.3) is 0 Å². The normalized spacial score (nSPS) is 28.7. The second-order valence-corrected chi connectivity index (χ2v) is 6.34. The predicted octanol–water partition coefficient (Wildman–Crippen LogP) is 2.05. The fraction of sp³-hybridized carbons (Fsp3) is 0.400. The molecule has 0 spiro atoms. The van der Waals surface area contributed by atoms with Gasteiger partial charge in [0.1, 0.15) is 22.6 Å². The molecule has 2 aliphatic rings. The molecule has 0 aromatic carbocycles. The average Bonchev–Trinajstić information content (AvgIpc) is 2.87. The maximum Gasteiger partial charge on any atom is 0.397 e. The van der Waals surface area contributed by atoms with E-state index in [0.717, 1.165) is 0 Å². The Morgan fingerprint density at radius 1 is 1.33 bits per heavy atom. The third-order valence-corrected chi connectivity index (χ3v) is 5.26. The van der Waals surface area contributed by atoms with Crippen molar-refractivity contribution in [1.82, 2.24) is 9.61 Å². The van der Waals surface area contributed by atoms with Crippen molar-refractivity contribution in [2.45, 2.75) is 12.6 Å². The van der Waals surface area contributed by atoms with Gasteiger partial charge in [-0.3, -0.25) is 4.79 Å². The van der Waals surface area contributed by atoms with E-state index in [4.69, 9.17) is 5.26 Å². The number of fused-ring (bicyclic) bond motifs is 2. The molecule has 2 fully saturated rings. The molecule has 6 nitrogen and oxygen atoms in total. The van der Waals surface area contributed by atoms with Crippen molar-refractivity contribution in [3.8, 4) is 6.07 Å². The number of aromatic nitrogens is 2. The van der Waals surface area contributed by atoms with Gasteiger partial charge in [0, 0.05) is 13.1 Å². The summed E-state index contributed by atoms with van der Waals surface area (Å²) in [4.78, 5) is 13.0. The Balaban J connectivity index is 1.80. The van der Waals surface area contributed by atoms with Gasteiger partial charge in [0.05, 0.1) is 17.4 Å². The fourth-order valence-electron chi connectivity index (χ4n) is 3.93. The Kier molecular flexibility index (Phi) is 2.59. The van der Waals surface area contributed by atoms with Crippen molar-refractivity contribution in [3.05, 3.63) is 30.1 Å². The van der Waals surface area contributed by atoms with E-state index in [1.54, 1.807) is 12.1 Å². The number of rotatable bonds is 2. The van der Waals surface area contributed by atoms with Crippen LogP contribution in [0.3, 0.4) is 0 Å². The molecule has 4 rings (SSSR count). The first-order chi connectivity index (χ1) is 11.3. The van der Waals surface area contributed by atoms with Crippen molar-refractivity contribution < 1.29 is 23.1 Å². The SMILES string of the molecule is N#Cc1ccc(N2C[C@]3(C(=O)O)C[C@]3(C(F)(F)F)C2)c2ccnn12. The predicted molar refractivity (Wildman–Crippen MR) is 75.3 cm³/mol. The molecule has 124 valence electrons. The van der Waals surface area contributed by atoms with Gasteiger partial charge in [0.2, 0.25) is 0 Å². The highest BCUT2D eigenvalue weighted by molar-refractivity contribution is 5.85. The molecule has 1 saturated carbocycles. The number of hydrogen-bond donors (Lipinski definition) is 1. The highest BCUT2D eigenvalue weighted by atomic mass is 19.4. The first-order valence-electron chi connectivity index (χ1n) is 7.18. The molecule has 1 N–H and O–H groups in total. The lowest BCUT2D eigenvalue weighted by molar-refractivity contribution is -0.194. The zero-order chi connectivity index (χ0) is 17.3. The molecule has 2 atom stereocenters. The summed E-state index contributed by atoms with van der Waals surface area (Å²) in [7, 11) is 0. The molecule has 1 aliphatic carbocycles. The maximum absolute atomic E-state index is 13.5. The molecule has 1 saturated heterocycles. The van der Waals surface area contributed by atoms with E-state index >= 15 is 0 Å². The third kappa shape index (κ3) is 1.55.